The smallest absolute Gasteiger partial charge is 0.222 e. The first-order valence-electron chi connectivity index (χ1n) is 10.3. The molecule has 0 saturated carbocycles. The zero-order chi connectivity index (χ0) is 21.8. The number of H-pyrrole nitrogens is 1. The fourth-order valence-corrected chi connectivity index (χ4v) is 4.48. The Hall–Kier alpha value is -2.98. The van der Waals surface area contributed by atoms with Crippen LogP contribution in [0.1, 0.15) is 40.5 Å². The summed E-state index contributed by atoms with van der Waals surface area (Å²) in [6.45, 7) is 2.01. The topological polar surface area (TPSA) is 147 Å². The van der Waals surface area contributed by atoms with Crippen LogP contribution < -0.4 is 5.32 Å². The van der Waals surface area contributed by atoms with Gasteiger partial charge in [0.25, 0.3) is 0 Å². The molecule has 1 aliphatic rings. The lowest BCUT2D eigenvalue weighted by Gasteiger charge is -2.21. The molecular formula is C24H29N3O5S. The summed E-state index contributed by atoms with van der Waals surface area (Å²) in [5.74, 6) is 0.629. The maximum Gasteiger partial charge on any atom is 0.222 e. The van der Waals surface area contributed by atoms with Crippen LogP contribution in [0, 0.1) is 5.92 Å². The Morgan fingerprint density at radius 1 is 1.21 bits per heavy atom. The Morgan fingerprint density at radius 2 is 1.97 bits per heavy atom. The number of fused-ring (bicyclic) bond motifs is 1. The van der Waals surface area contributed by atoms with E-state index in [1.165, 1.54) is 19.0 Å². The van der Waals surface area contributed by atoms with Crippen molar-refractivity contribution < 1.29 is 24.7 Å². The molecule has 0 aliphatic heterocycles. The summed E-state index contributed by atoms with van der Waals surface area (Å²) in [6.07, 6.45) is 5.46. The molecule has 3 aromatic rings. The molecule has 1 unspecified atom stereocenters. The van der Waals surface area contributed by atoms with Gasteiger partial charge in [0.05, 0.1) is 12.3 Å². The van der Waals surface area contributed by atoms with E-state index >= 15 is 0 Å². The number of anilines is 1. The fraction of sp³-hybridized carbons (Fsp3) is 0.292. The number of aromatic nitrogens is 2. The van der Waals surface area contributed by atoms with E-state index in [1.54, 1.807) is 6.20 Å². The van der Waals surface area contributed by atoms with Gasteiger partial charge in [-0.05, 0) is 47.6 Å². The monoisotopic (exact) mass is 471 g/mol. The van der Waals surface area contributed by atoms with E-state index in [0.717, 1.165) is 40.1 Å². The standard InChI is InChI=1S/C24H25N3O3S.2H2O/c1-15(28)26-22-13-18(8-9-25-22)24-19(10-16-6-4-3-5-7-16)23-20(27-24)11-17(12-21(23)29)14-30-31-2;;/h3-9,13,17,27H,10-12,14H2,1-2H3,(H,25,26,28);2*1H2. The largest absolute Gasteiger partial charge is 0.412 e. The molecule has 2 heterocycles. The minimum Gasteiger partial charge on any atom is -0.412 e. The third-order valence-electron chi connectivity index (χ3n) is 5.42. The number of Topliss-reactive ketones (excluding diaryl/α,β-unsaturated/α-hetero) is 1. The number of nitrogens with one attached hydrogen (secondary N) is 2. The van der Waals surface area contributed by atoms with E-state index in [0.29, 0.717) is 25.3 Å². The highest BCUT2D eigenvalue weighted by molar-refractivity contribution is 7.93. The third kappa shape index (κ3) is 6.08. The fourth-order valence-electron chi connectivity index (χ4n) is 4.15. The van der Waals surface area contributed by atoms with Gasteiger partial charge in [-0.2, -0.15) is 0 Å². The molecule has 9 heteroatoms. The average molecular weight is 472 g/mol. The molecule has 0 spiro atoms. The first-order valence-corrected chi connectivity index (χ1v) is 11.4. The van der Waals surface area contributed by atoms with Crippen LogP contribution in [0.15, 0.2) is 48.7 Å². The molecule has 1 aliphatic carbocycles. The second-order valence-corrected chi connectivity index (χ2v) is 8.32. The van der Waals surface area contributed by atoms with E-state index in [2.05, 4.69) is 27.4 Å². The van der Waals surface area contributed by atoms with Gasteiger partial charge in [0.15, 0.2) is 5.78 Å². The predicted octanol–water partition coefficient (Wildman–Crippen LogP) is 3.02. The first-order chi connectivity index (χ1) is 15.0. The Kier molecular flexibility index (Phi) is 9.36. The van der Waals surface area contributed by atoms with Gasteiger partial charge >= 0.3 is 0 Å². The number of aromatic amines is 1. The summed E-state index contributed by atoms with van der Waals surface area (Å²) in [6, 6.07) is 13.9. The van der Waals surface area contributed by atoms with Crippen LogP contribution in [-0.2, 0) is 21.8 Å². The molecule has 1 aromatic carbocycles. The van der Waals surface area contributed by atoms with Crippen LogP contribution in [0.5, 0.6) is 0 Å². The van der Waals surface area contributed by atoms with Crippen LogP contribution >= 0.6 is 12.0 Å². The van der Waals surface area contributed by atoms with Crippen molar-refractivity contribution in [3.63, 3.8) is 0 Å². The maximum atomic E-state index is 13.2. The molecule has 6 N–H and O–H groups in total. The Morgan fingerprint density at radius 3 is 2.67 bits per heavy atom. The summed E-state index contributed by atoms with van der Waals surface area (Å²) in [4.78, 5) is 32.4. The number of carbonyl (C=O) groups excluding carboxylic acids is 2. The van der Waals surface area contributed by atoms with Crippen LogP contribution in [0.3, 0.4) is 0 Å². The number of carbonyl (C=O) groups is 2. The molecule has 33 heavy (non-hydrogen) atoms. The number of pyridine rings is 1. The predicted molar refractivity (Wildman–Crippen MR) is 130 cm³/mol. The Labute approximate surface area is 197 Å². The van der Waals surface area contributed by atoms with Gasteiger partial charge in [-0.25, -0.2) is 4.98 Å². The zero-order valence-electron chi connectivity index (χ0n) is 18.6. The van der Waals surface area contributed by atoms with Crippen molar-refractivity contribution in [2.75, 3.05) is 18.2 Å². The highest BCUT2D eigenvalue weighted by Crippen LogP contribution is 2.36. The van der Waals surface area contributed by atoms with Gasteiger partial charge in [-0.15, -0.1) is 0 Å². The molecule has 0 radical (unpaired) electrons. The van der Waals surface area contributed by atoms with Crippen molar-refractivity contribution in [2.45, 2.75) is 26.2 Å². The highest BCUT2D eigenvalue weighted by Gasteiger charge is 2.31. The number of nitrogens with zero attached hydrogens (tertiary/aromatic N) is 1. The molecule has 0 fully saturated rings. The van der Waals surface area contributed by atoms with Crippen molar-refractivity contribution in [1.82, 2.24) is 9.97 Å². The number of ketones is 1. The maximum absolute atomic E-state index is 13.2. The molecule has 1 amide bonds. The van der Waals surface area contributed by atoms with Gasteiger partial charge < -0.3 is 25.4 Å². The summed E-state index contributed by atoms with van der Waals surface area (Å²) in [5, 5.41) is 2.74. The van der Waals surface area contributed by atoms with Gasteiger partial charge in [0.2, 0.25) is 5.91 Å². The lowest BCUT2D eigenvalue weighted by atomic mass is 9.84. The molecule has 8 nitrogen and oxygen atoms in total. The minimum atomic E-state index is -0.174. The number of amides is 1. The number of hydrogen-bond donors (Lipinski definition) is 2. The van der Waals surface area contributed by atoms with Gasteiger partial charge in [-0.3, -0.25) is 9.59 Å². The second-order valence-electron chi connectivity index (χ2n) is 7.75. The van der Waals surface area contributed by atoms with Crippen molar-refractivity contribution in [2.24, 2.45) is 5.92 Å². The Bertz CT molecular complexity index is 1100. The van der Waals surface area contributed by atoms with E-state index in [9.17, 15) is 9.59 Å². The van der Waals surface area contributed by atoms with Gasteiger partial charge in [0.1, 0.15) is 5.82 Å². The summed E-state index contributed by atoms with van der Waals surface area (Å²) in [5.41, 5.74) is 5.70. The molecule has 176 valence electrons. The second kappa shape index (κ2) is 11.8. The van der Waals surface area contributed by atoms with Crippen molar-refractivity contribution >= 4 is 29.6 Å². The summed E-state index contributed by atoms with van der Waals surface area (Å²) < 4.78 is 5.51. The van der Waals surface area contributed by atoms with Crippen LogP contribution in [0.25, 0.3) is 11.3 Å². The van der Waals surface area contributed by atoms with Crippen LogP contribution in [-0.4, -0.2) is 45.5 Å². The van der Waals surface area contributed by atoms with Gasteiger partial charge in [-0.1, -0.05) is 30.3 Å². The number of benzene rings is 1. The SMILES string of the molecule is CSOCC1CC(=O)c2c([nH]c(-c3ccnc(NC(C)=O)c3)c2Cc2ccccc2)C1.O.O. The minimum absolute atomic E-state index is 0. The van der Waals surface area contributed by atoms with E-state index in [-0.39, 0.29) is 28.6 Å². The van der Waals surface area contributed by atoms with Crippen molar-refractivity contribution in [3.05, 3.63) is 71.0 Å². The molecule has 0 bridgehead atoms. The van der Waals surface area contributed by atoms with Crippen molar-refractivity contribution in [3.8, 4) is 11.3 Å². The zero-order valence-corrected chi connectivity index (χ0v) is 19.4. The number of hydrogen-bond acceptors (Lipinski definition) is 5. The lowest BCUT2D eigenvalue weighted by molar-refractivity contribution is -0.114. The van der Waals surface area contributed by atoms with Crippen LogP contribution in [0.4, 0.5) is 5.82 Å². The molecular weight excluding hydrogens is 442 g/mol. The highest BCUT2D eigenvalue weighted by atomic mass is 32.2. The molecule has 0 saturated heterocycles. The quantitative estimate of drug-likeness (QED) is 0.508. The summed E-state index contributed by atoms with van der Waals surface area (Å²) in [7, 11) is 0. The average Bonchev–Trinajstić information content (AvgIpc) is 3.11. The lowest BCUT2D eigenvalue weighted by Crippen LogP contribution is -2.23. The summed E-state index contributed by atoms with van der Waals surface area (Å²) >= 11 is 1.33. The van der Waals surface area contributed by atoms with Gasteiger partial charge in [0, 0.05) is 49.0 Å². The normalized spacial score (nSPS) is 14.6. The Balaban J connectivity index is 0.00000193. The van der Waals surface area contributed by atoms with Crippen molar-refractivity contribution in [1.29, 1.82) is 0 Å². The molecule has 2 aromatic heterocycles. The van der Waals surface area contributed by atoms with E-state index in [1.807, 2.05) is 36.6 Å². The molecule has 4 rings (SSSR count). The van der Waals surface area contributed by atoms with Crippen LogP contribution in [0.2, 0.25) is 0 Å². The number of rotatable bonds is 7. The van der Waals surface area contributed by atoms with E-state index < -0.39 is 0 Å². The van der Waals surface area contributed by atoms with E-state index in [4.69, 9.17) is 4.18 Å². The molecule has 1 atom stereocenters. The third-order valence-corrected chi connectivity index (χ3v) is 5.80. The first kappa shape index (κ1) is 26.3.